The van der Waals surface area contributed by atoms with E-state index in [0.29, 0.717) is 30.9 Å². The molecule has 4 heterocycles. The summed E-state index contributed by atoms with van der Waals surface area (Å²) >= 11 is 0. The fourth-order valence-electron chi connectivity index (χ4n) is 8.56. The Morgan fingerprint density at radius 1 is 0.983 bits per heavy atom. The second-order valence-electron chi connectivity index (χ2n) is 16.2. The van der Waals surface area contributed by atoms with Crippen LogP contribution in [-0.2, 0) is 39.9 Å². The normalized spacial score (nSPS) is 28.5. The Bertz CT molecular complexity index is 1930. The summed E-state index contributed by atoms with van der Waals surface area (Å²) in [6, 6.07) is 2.14. The van der Waals surface area contributed by atoms with E-state index in [-0.39, 0.29) is 50.4 Å². The number of urea groups is 1. The van der Waals surface area contributed by atoms with E-state index < -0.39 is 109 Å². The maximum Gasteiger partial charge on any atom is 0.319 e. The Hall–Kier alpha value is -5.49. The van der Waals surface area contributed by atoms with Gasteiger partial charge in [-0.1, -0.05) is 24.6 Å². The number of amides is 7. The van der Waals surface area contributed by atoms with Crippen molar-refractivity contribution >= 4 is 47.5 Å². The number of halogens is 2. The molecule has 2 aromatic carbocycles. The lowest BCUT2D eigenvalue weighted by Gasteiger charge is -2.40. The van der Waals surface area contributed by atoms with Crippen LogP contribution in [0.1, 0.15) is 57.1 Å². The van der Waals surface area contributed by atoms with E-state index in [1.54, 1.807) is 24.3 Å². The van der Waals surface area contributed by atoms with Crippen LogP contribution in [0.3, 0.4) is 0 Å². The van der Waals surface area contributed by atoms with Gasteiger partial charge in [0.15, 0.2) is 0 Å². The number of aldehydes is 1. The number of carbonyl (C=O) groups excluding carboxylic acids is 7. The summed E-state index contributed by atoms with van der Waals surface area (Å²) in [5.41, 5.74) is -0.180. The number of fused-ring (bicyclic) bond motifs is 3. The molecule has 18 heteroatoms. The summed E-state index contributed by atoms with van der Waals surface area (Å²) in [6.07, 6.45) is 0.532. The first kappa shape index (κ1) is 43.1. The van der Waals surface area contributed by atoms with Gasteiger partial charge in [-0.05, 0) is 75.3 Å². The van der Waals surface area contributed by atoms with Crippen LogP contribution in [0.5, 0.6) is 0 Å². The van der Waals surface area contributed by atoms with Crippen LogP contribution in [-0.4, -0.2) is 136 Å². The van der Waals surface area contributed by atoms with Crippen LogP contribution in [0.15, 0.2) is 42.5 Å². The third-order valence-electron chi connectivity index (χ3n) is 11.4. The van der Waals surface area contributed by atoms with Crippen LogP contribution in [0.4, 0.5) is 19.3 Å². The van der Waals surface area contributed by atoms with Gasteiger partial charge in [-0.3, -0.25) is 24.0 Å². The molecule has 0 radical (unpaired) electrons. The lowest BCUT2D eigenvalue weighted by atomic mass is 9.95. The minimum atomic E-state index is -1.60. The highest BCUT2D eigenvalue weighted by Crippen LogP contribution is 2.33. The molecule has 8 atom stereocenters. The molecule has 2 aromatic rings. The van der Waals surface area contributed by atoms with Gasteiger partial charge >= 0.3 is 6.03 Å². The summed E-state index contributed by atoms with van der Waals surface area (Å²) in [5.74, 6) is -5.53. The summed E-state index contributed by atoms with van der Waals surface area (Å²) < 4.78 is 34.7. The molecular formula is C41H51F2N7O9. The van der Waals surface area contributed by atoms with Crippen LogP contribution < -0.4 is 21.3 Å². The number of anilines is 1. The number of rotatable bonds is 7. The van der Waals surface area contributed by atoms with Crippen molar-refractivity contribution in [3.8, 4) is 0 Å². The zero-order chi connectivity index (χ0) is 42.6. The molecule has 0 spiro atoms. The molecule has 4 fully saturated rings. The van der Waals surface area contributed by atoms with Crippen molar-refractivity contribution in [1.29, 1.82) is 0 Å². The molecule has 0 aliphatic carbocycles. The third-order valence-corrected chi connectivity index (χ3v) is 11.4. The van der Waals surface area contributed by atoms with Crippen molar-refractivity contribution in [2.75, 3.05) is 38.2 Å². The smallest absolute Gasteiger partial charge is 0.319 e. The Labute approximate surface area is 340 Å². The van der Waals surface area contributed by atoms with Crippen LogP contribution >= 0.6 is 0 Å². The van der Waals surface area contributed by atoms with E-state index in [9.17, 15) is 47.4 Å². The average Bonchev–Trinajstić information content (AvgIpc) is 3.75. The Kier molecular flexibility index (Phi) is 13.3. The molecule has 4 aliphatic rings. The molecule has 6 rings (SSSR count). The Balaban J connectivity index is 1.34. The zero-order valence-electron chi connectivity index (χ0n) is 33.2. The average molecular weight is 824 g/mol. The van der Waals surface area contributed by atoms with Gasteiger partial charge in [0.2, 0.25) is 29.5 Å². The number of carbonyl (C=O) groups is 7. The number of hydrogen-bond acceptors (Lipinski definition) is 9. The number of aliphatic hydroxyl groups excluding tert-OH is 1. The molecule has 0 bridgehead atoms. The van der Waals surface area contributed by atoms with Crippen molar-refractivity contribution in [1.82, 2.24) is 30.7 Å². The van der Waals surface area contributed by atoms with Crippen molar-refractivity contribution in [2.45, 2.75) is 101 Å². The van der Waals surface area contributed by atoms with E-state index in [2.05, 4.69) is 21.3 Å². The summed E-state index contributed by atoms with van der Waals surface area (Å²) in [4.78, 5) is 101. The molecule has 0 saturated carbocycles. The molecule has 318 valence electrons. The largest absolute Gasteiger partial charge is 0.391 e. The van der Waals surface area contributed by atoms with Gasteiger partial charge in [0.05, 0.1) is 19.3 Å². The minimum Gasteiger partial charge on any atom is -0.391 e. The van der Waals surface area contributed by atoms with E-state index in [4.69, 9.17) is 4.74 Å². The lowest BCUT2D eigenvalue weighted by Crippen LogP contribution is -2.63. The number of piperidine rings is 1. The highest BCUT2D eigenvalue weighted by Gasteiger charge is 2.50. The van der Waals surface area contributed by atoms with Gasteiger partial charge in [0.1, 0.15) is 53.7 Å². The molecular weight excluding hydrogens is 772 g/mol. The maximum absolute atomic E-state index is 14.6. The minimum absolute atomic E-state index is 0.00886. The maximum atomic E-state index is 14.6. The summed E-state index contributed by atoms with van der Waals surface area (Å²) in [6.45, 7) is 4.26. The van der Waals surface area contributed by atoms with Gasteiger partial charge in [-0.25, -0.2) is 13.6 Å². The second kappa shape index (κ2) is 18.2. The first-order valence-corrected chi connectivity index (χ1v) is 19.9. The molecule has 59 heavy (non-hydrogen) atoms. The molecule has 0 aromatic heterocycles. The molecule has 1 unspecified atom stereocenters. The number of ether oxygens (including phenoxy) is 1. The Morgan fingerprint density at radius 2 is 1.69 bits per heavy atom. The van der Waals surface area contributed by atoms with E-state index >= 15 is 0 Å². The van der Waals surface area contributed by atoms with Crippen LogP contribution in [0.2, 0.25) is 0 Å². The molecule has 16 nitrogen and oxygen atoms in total. The zero-order valence-corrected chi connectivity index (χ0v) is 33.2. The van der Waals surface area contributed by atoms with Gasteiger partial charge in [0, 0.05) is 44.2 Å². The van der Waals surface area contributed by atoms with Crippen molar-refractivity contribution in [3.63, 3.8) is 0 Å². The van der Waals surface area contributed by atoms with Crippen LogP contribution in [0.25, 0.3) is 0 Å². The standard InChI is InChI=1S/C41H51F2N7O9/c1-23-7-9-29(10-8-23)45-40(58)47-31(14-26-12-27(42)15-28(43)13-26)35(53)46-32-20-59-22-41(21-51)17-24(2)18-50(41)37(55)25(3)44-36(54)33-6-4-5-11-48(33)39(57)34-16-30(52)19-49(34)38(32)56/h7-10,12-13,15,21,24-25,30-34,52H,4-6,11,14,16-20,22H2,1-3H3,(H,44,54)(H,46,53)(H2,45,47,58)/t24-,25+,30-,31+,32+,33+,34+,41?/m1/s1. The van der Waals surface area contributed by atoms with Gasteiger partial charge in [-0.2, -0.15) is 0 Å². The van der Waals surface area contributed by atoms with E-state index in [1.807, 2.05) is 13.8 Å². The number of nitrogens with zero attached hydrogens (tertiary/aromatic N) is 3. The fraction of sp³-hybridized carbons (Fsp3) is 0.537. The SMILES string of the molecule is Cc1ccc(NC(=O)N[C@@H](Cc2cc(F)cc(F)c2)C(=O)N[C@H]2COCC3(C=O)C[C@@H](C)CN3C(=O)[C@H](C)NC(=O)[C@@H]3CCCCN3C(=O)[C@@H]3C[C@@H](O)CN3C2=O)cc1. The second-order valence-corrected chi connectivity index (χ2v) is 16.2. The van der Waals surface area contributed by atoms with Crippen LogP contribution in [0, 0.1) is 24.5 Å². The quantitative estimate of drug-likeness (QED) is 0.254. The van der Waals surface area contributed by atoms with Gasteiger partial charge < -0.3 is 50.6 Å². The number of aryl methyl sites for hydroxylation is 1. The predicted molar refractivity (Wildman–Crippen MR) is 207 cm³/mol. The van der Waals surface area contributed by atoms with Crippen molar-refractivity contribution < 1.29 is 52.2 Å². The van der Waals surface area contributed by atoms with Crippen molar-refractivity contribution in [3.05, 3.63) is 65.2 Å². The molecule has 4 saturated heterocycles. The number of benzene rings is 2. The molecule has 4 aliphatic heterocycles. The molecule has 7 amide bonds. The summed E-state index contributed by atoms with van der Waals surface area (Å²) in [5, 5.41) is 21.3. The highest BCUT2D eigenvalue weighted by atomic mass is 19.1. The lowest BCUT2D eigenvalue weighted by molar-refractivity contribution is -0.153. The Morgan fingerprint density at radius 3 is 2.39 bits per heavy atom. The first-order chi connectivity index (χ1) is 28.1. The first-order valence-electron chi connectivity index (χ1n) is 19.9. The fourth-order valence-corrected chi connectivity index (χ4v) is 8.56. The third kappa shape index (κ3) is 9.87. The molecule has 5 N–H and O–H groups in total. The topological polar surface area (TPSA) is 207 Å². The number of aliphatic hydroxyl groups is 1. The van der Waals surface area contributed by atoms with Gasteiger partial charge in [-0.15, -0.1) is 0 Å². The van der Waals surface area contributed by atoms with E-state index in [0.717, 1.165) is 22.6 Å². The highest BCUT2D eigenvalue weighted by molar-refractivity contribution is 5.98. The number of nitrogens with one attached hydrogen (secondary N) is 4. The predicted octanol–water partition coefficient (Wildman–Crippen LogP) is 1.17. The monoisotopic (exact) mass is 823 g/mol. The van der Waals surface area contributed by atoms with Gasteiger partial charge in [0.25, 0.3) is 0 Å². The van der Waals surface area contributed by atoms with E-state index in [1.165, 1.54) is 16.7 Å². The number of hydrogen-bond donors (Lipinski definition) is 5. The summed E-state index contributed by atoms with van der Waals surface area (Å²) in [7, 11) is 0. The van der Waals surface area contributed by atoms with Crippen molar-refractivity contribution in [2.24, 2.45) is 5.92 Å².